The maximum absolute atomic E-state index is 10.8. The minimum atomic E-state index is -2.69. The van der Waals surface area contributed by atoms with Gasteiger partial charge in [-0.3, -0.25) is 14.7 Å². The molecule has 0 heterocycles. The largest absolute Gasteiger partial charge is 0.375 e. The van der Waals surface area contributed by atoms with Crippen molar-refractivity contribution in [1.82, 2.24) is 0 Å². The van der Waals surface area contributed by atoms with Gasteiger partial charge in [0.25, 0.3) is 5.69 Å². The Morgan fingerprint density at radius 2 is 2.24 bits per heavy atom. The van der Waals surface area contributed by atoms with Crippen LogP contribution in [0, 0.1) is 10.1 Å². The quantitative estimate of drug-likeness (QED) is 0.491. The number of benzene rings is 1. The Balaban J connectivity index is 3.10. The summed E-state index contributed by atoms with van der Waals surface area (Å²) in [6.45, 7) is 1.79. The van der Waals surface area contributed by atoms with Crippen LogP contribution in [0.5, 0.6) is 0 Å². The molecule has 0 bridgehead atoms. The number of nitrogens with one attached hydrogen (secondary N) is 1. The van der Waals surface area contributed by atoms with Crippen molar-refractivity contribution in [2.75, 3.05) is 11.6 Å². The third-order valence-corrected chi connectivity index (χ3v) is 2.97. The third kappa shape index (κ3) is 3.70. The van der Waals surface area contributed by atoms with Gasteiger partial charge in [0, 0.05) is 11.6 Å². The minimum absolute atomic E-state index is 0.0444. The second-order valence-electron chi connectivity index (χ2n) is 3.32. The smallest absolute Gasteiger partial charge is 0.274 e. The molecule has 6 nitrogen and oxygen atoms in total. The lowest BCUT2D eigenvalue weighted by Crippen LogP contribution is -2.01. The van der Waals surface area contributed by atoms with E-state index in [0.29, 0.717) is 22.7 Å². The molecule has 0 saturated carbocycles. The molecule has 1 atom stereocenters. The van der Waals surface area contributed by atoms with Crippen LogP contribution in [0.2, 0.25) is 5.02 Å². The number of hydrogen-bond donors (Lipinski definition) is 2. The van der Waals surface area contributed by atoms with Gasteiger partial charge in [-0.1, -0.05) is 18.5 Å². The van der Waals surface area contributed by atoms with E-state index in [1.165, 1.54) is 12.1 Å². The monoisotopic (exact) mass is 278 g/mol. The summed E-state index contributed by atoms with van der Waals surface area (Å²) in [5.41, 5.74) is 0.780. The first-order valence-electron chi connectivity index (χ1n) is 4.88. The van der Waals surface area contributed by atoms with Gasteiger partial charge < -0.3 is 10.2 Å². The van der Waals surface area contributed by atoms with Crippen LogP contribution in [0.4, 0.5) is 11.4 Å². The number of hydrogen-bond acceptors (Lipinski definition) is 4. The third-order valence-electron chi connectivity index (χ3n) is 2.18. The van der Waals surface area contributed by atoms with Crippen LogP contribution in [0.15, 0.2) is 12.1 Å². The fourth-order valence-corrected chi connectivity index (χ4v) is 1.96. The first-order chi connectivity index (χ1) is 7.95. The molecule has 0 aliphatic heterocycles. The highest BCUT2D eigenvalue weighted by atomic mass is 35.5. The van der Waals surface area contributed by atoms with Crippen molar-refractivity contribution in [2.45, 2.75) is 13.3 Å². The zero-order valence-corrected chi connectivity index (χ0v) is 10.8. The topological polar surface area (TPSA) is 92.5 Å². The predicted octanol–water partition coefficient (Wildman–Crippen LogP) is 2.65. The summed E-state index contributed by atoms with van der Waals surface area (Å²) >= 11 is 5.91. The minimum Gasteiger partial charge on any atom is -0.375 e. The summed E-state index contributed by atoms with van der Waals surface area (Å²) in [5.74, 6) is 0. The molecule has 0 aromatic heterocycles. The molecule has 8 heteroatoms. The van der Waals surface area contributed by atoms with E-state index in [4.69, 9.17) is 16.5 Å². The lowest BCUT2D eigenvalue weighted by molar-refractivity contribution is -0.385. The fourth-order valence-electron chi connectivity index (χ4n) is 1.36. The van der Waals surface area contributed by atoms with Gasteiger partial charge in [0.15, 0.2) is 0 Å². The van der Waals surface area contributed by atoms with E-state index in [9.17, 15) is 14.7 Å². The lowest BCUT2D eigenvalue weighted by atomic mass is 10.1. The zero-order valence-electron chi connectivity index (χ0n) is 9.07. The van der Waals surface area contributed by atoms with Gasteiger partial charge in [0.05, 0.1) is 21.9 Å². The average Bonchev–Trinajstić information content (AvgIpc) is 2.26. The second kappa shape index (κ2) is 6.00. The van der Waals surface area contributed by atoms with Crippen LogP contribution < -0.4 is 5.32 Å². The molecule has 1 aromatic carbocycles. The molecule has 0 amide bonds. The summed E-state index contributed by atoms with van der Waals surface area (Å²) in [7, 11) is -2.69. The molecule has 1 rings (SSSR count). The number of halogens is 1. The average molecular weight is 279 g/mol. The molecule has 0 saturated heterocycles. The maximum atomic E-state index is 10.8. The predicted molar refractivity (Wildman–Crippen MR) is 67.2 cm³/mol. The number of nitro benzene ring substituents is 1. The molecule has 94 valence electrons. The highest BCUT2D eigenvalue weighted by Crippen LogP contribution is 2.32. The number of aryl methyl sites for hydroxylation is 1. The van der Waals surface area contributed by atoms with E-state index < -0.39 is 13.0 Å². The van der Waals surface area contributed by atoms with Crippen molar-refractivity contribution in [3.8, 4) is 0 Å². The Labute approximate surface area is 104 Å². The molecule has 2 N–H and O–H groups in total. The van der Waals surface area contributed by atoms with Crippen LogP contribution in [0.1, 0.15) is 12.5 Å². The van der Waals surface area contributed by atoms with Crippen molar-refractivity contribution < 1.29 is 14.4 Å². The first-order valence-corrected chi connectivity index (χ1v) is 6.82. The van der Waals surface area contributed by atoms with Gasteiger partial charge in [-0.05, 0) is 12.5 Å². The number of nitrogens with zero attached hydrogens (tertiary/aromatic N) is 1. The van der Waals surface area contributed by atoms with Gasteiger partial charge in [0.2, 0.25) is 8.03 Å². The molecular formula is C9H12ClN2O4P. The van der Waals surface area contributed by atoms with Crippen LogP contribution in [0.25, 0.3) is 0 Å². The normalized spacial score (nSPS) is 12.2. The molecule has 1 aromatic rings. The van der Waals surface area contributed by atoms with Gasteiger partial charge in [0.1, 0.15) is 0 Å². The van der Waals surface area contributed by atoms with Gasteiger partial charge in [-0.2, -0.15) is 0 Å². The fraction of sp³-hybridized carbons (Fsp3) is 0.333. The molecule has 0 radical (unpaired) electrons. The van der Waals surface area contributed by atoms with Crippen molar-refractivity contribution >= 4 is 31.0 Å². The van der Waals surface area contributed by atoms with Crippen LogP contribution in [-0.2, 0) is 11.0 Å². The summed E-state index contributed by atoms with van der Waals surface area (Å²) < 4.78 is 10.6. The molecule has 0 aliphatic rings. The molecule has 0 fully saturated rings. The summed E-state index contributed by atoms with van der Waals surface area (Å²) in [4.78, 5) is 19.0. The molecule has 0 spiro atoms. The highest BCUT2D eigenvalue weighted by Gasteiger charge is 2.16. The van der Waals surface area contributed by atoms with Gasteiger partial charge >= 0.3 is 0 Å². The maximum Gasteiger partial charge on any atom is 0.274 e. The SMILES string of the molecule is CCc1cc(Cl)c(NC[PH](=O)O)cc1[N+](=O)[O-]. The zero-order chi connectivity index (χ0) is 13.0. The van der Waals surface area contributed by atoms with E-state index in [0.717, 1.165) is 0 Å². The van der Waals surface area contributed by atoms with E-state index in [1.807, 2.05) is 0 Å². The van der Waals surface area contributed by atoms with Crippen LogP contribution in [0.3, 0.4) is 0 Å². The Morgan fingerprint density at radius 1 is 1.59 bits per heavy atom. The molecule has 17 heavy (non-hydrogen) atoms. The number of rotatable bonds is 5. The summed E-state index contributed by atoms with van der Waals surface area (Å²) in [6, 6.07) is 2.78. The van der Waals surface area contributed by atoms with E-state index in [1.54, 1.807) is 6.92 Å². The van der Waals surface area contributed by atoms with E-state index in [-0.39, 0.29) is 12.0 Å². The molecule has 0 aliphatic carbocycles. The molecule has 1 unspecified atom stereocenters. The Hall–Kier alpha value is -1.10. The van der Waals surface area contributed by atoms with Crippen molar-refractivity contribution in [2.24, 2.45) is 0 Å². The summed E-state index contributed by atoms with van der Waals surface area (Å²) in [5, 5.41) is 13.7. The second-order valence-corrected chi connectivity index (χ2v) is 4.87. The number of nitro groups is 1. The highest BCUT2D eigenvalue weighted by molar-refractivity contribution is 7.38. The van der Waals surface area contributed by atoms with Crippen molar-refractivity contribution in [3.63, 3.8) is 0 Å². The standard InChI is InChI=1S/C9H12ClN2O4P/c1-2-6-3-7(10)8(11-5-17(15)16)4-9(6)12(13)14/h3-4,11,17H,2,5H2,1H3,(H,15,16). The first kappa shape index (κ1) is 14.0. The van der Waals surface area contributed by atoms with Crippen LogP contribution >= 0.6 is 19.6 Å². The van der Waals surface area contributed by atoms with Crippen molar-refractivity contribution in [3.05, 3.63) is 32.8 Å². The van der Waals surface area contributed by atoms with E-state index >= 15 is 0 Å². The van der Waals surface area contributed by atoms with Gasteiger partial charge in [-0.25, -0.2) is 0 Å². The Kier molecular flexibility index (Phi) is 4.93. The number of anilines is 1. The Bertz CT molecular complexity index is 467. The van der Waals surface area contributed by atoms with Gasteiger partial charge in [-0.15, -0.1) is 0 Å². The van der Waals surface area contributed by atoms with Crippen LogP contribution in [-0.4, -0.2) is 16.1 Å². The van der Waals surface area contributed by atoms with Crippen molar-refractivity contribution in [1.29, 1.82) is 0 Å². The lowest BCUT2D eigenvalue weighted by Gasteiger charge is -2.08. The molecular weight excluding hydrogens is 267 g/mol. The summed E-state index contributed by atoms with van der Waals surface area (Å²) in [6.07, 6.45) is 0.333. The Morgan fingerprint density at radius 3 is 2.71 bits per heavy atom. The van der Waals surface area contributed by atoms with E-state index in [2.05, 4.69) is 5.32 Å².